The first-order valence-electron chi connectivity index (χ1n) is 10.4. The number of carbonyl (C=O) groups is 1. The number of rotatable bonds is 8. The lowest BCUT2D eigenvalue weighted by molar-refractivity contribution is -0.126. The van der Waals surface area contributed by atoms with Gasteiger partial charge in [0.1, 0.15) is 18.7 Å². The number of hydrogen-bond acceptors (Lipinski definition) is 5. The van der Waals surface area contributed by atoms with Gasteiger partial charge in [-0.1, -0.05) is 39.0 Å². The van der Waals surface area contributed by atoms with Gasteiger partial charge in [0, 0.05) is 18.5 Å². The maximum Gasteiger partial charge on any atom is 0.346 e. The van der Waals surface area contributed by atoms with Gasteiger partial charge in [0.25, 0.3) is 0 Å². The molecule has 2 aromatic rings. The fourth-order valence-electron chi connectivity index (χ4n) is 3.44. The van der Waals surface area contributed by atoms with Crippen molar-refractivity contribution in [1.29, 1.82) is 0 Å². The minimum Gasteiger partial charge on any atom is -0.492 e. The molecule has 0 bridgehead atoms. The molecule has 158 valence electrons. The van der Waals surface area contributed by atoms with Gasteiger partial charge in [-0.2, -0.15) is 5.10 Å². The van der Waals surface area contributed by atoms with Crippen LogP contribution in [0.4, 0.5) is 0 Å². The van der Waals surface area contributed by atoms with Gasteiger partial charge in [-0.05, 0) is 44.0 Å². The predicted molar refractivity (Wildman–Crippen MR) is 112 cm³/mol. The Balaban J connectivity index is 1.43. The van der Waals surface area contributed by atoms with E-state index in [2.05, 4.69) is 10.00 Å². The standard InChI is InChI=1S/C22H32N4O3/c1-22(2,3)20(27)16-25-17-23-26(21(25)28)15-18-9-11-24(12-10-18)13-14-29-19-7-5-4-6-8-19/h4-8,17-18H,9-16H2,1-3H3. The van der Waals surface area contributed by atoms with Crippen LogP contribution in [0.2, 0.25) is 0 Å². The number of Topliss-reactive ketones (excluding diaryl/α,β-unsaturated/α-hetero) is 1. The average Bonchev–Trinajstić information content (AvgIpc) is 3.03. The summed E-state index contributed by atoms with van der Waals surface area (Å²) in [6.07, 6.45) is 3.55. The van der Waals surface area contributed by atoms with Crippen molar-refractivity contribution < 1.29 is 9.53 Å². The van der Waals surface area contributed by atoms with Crippen molar-refractivity contribution in [3.05, 3.63) is 47.1 Å². The molecule has 0 aliphatic carbocycles. The second-order valence-electron chi connectivity index (χ2n) is 8.84. The van der Waals surface area contributed by atoms with Crippen LogP contribution in [-0.4, -0.2) is 51.3 Å². The summed E-state index contributed by atoms with van der Waals surface area (Å²) < 4.78 is 8.71. The maximum absolute atomic E-state index is 12.5. The van der Waals surface area contributed by atoms with Crippen LogP contribution in [0.1, 0.15) is 33.6 Å². The normalized spacial score (nSPS) is 16.1. The maximum atomic E-state index is 12.5. The number of ether oxygens (including phenoxy) is 1. The van der Waals surface area contributed by atoms with Gasteiger partial charge in [-0.15, -0.1) is 0 Å². The Hall–Kier alpha value is -2.41. The van der Waals surface area contributed by atoms with Gasteiger partial charge in [-0.3, -0.25) is 14.3 Å². The van der Waals surface area contributed by atoms with E-state index in [0.29, 0.717) is 19.1 Å². The molecule has 0 saturated carbocycles. The molecule has 0 spiro atoms. The highest BCUT2D eigenvalue weighted by Gasteiger charge is 2.24. The second kappa shape index (κ2) is 9.39. The summed E-state index contributed by atoms with van der Waals surface area (Å²) in [6, 6.07) is 9.87. The second-order valence-corrected chi connectivity index (χ2v) is 8.84. The van der Waals surface area contributed by atoms with Gasteiger partial charge in [0.2, 0.25) is 0 Å². The molecule has 0 radical (unpaired) electrons. The van der Waals surface area contributed by atoms with E-state index in [4.69, 9.17) is 4.74 Å². The molecule has 0 unspecified atom stereocenters. The van der Waals surface area contributed by atoms with Crippen LogP contribution in [-0.2, 0) is 17.9 Å². The first-order valence-corrected chi connectivity index (χ1v) is 10.4. The molecule has 1 aromatic carbocycles. The Morgan fingerprint density at radius 3 is 2.52 bits per heavy atom. The molecule has 0 amide bonds. The number of hydrogen-bond donors (Lipinski definition) is 0. The van der Waals surface area contributed by atoms with Crippen molar-refractivity contribution in [2.75, 3.05) is 26.2 Å². The van der Waals surface area contributed by atoms with E-state index in [1.54, 1.807) is 0 Å². The molecular formula is C22H32N4O3. The van der Waals surface area contributed by atoms with E-state index in [-0.39, 0.29) is 18.0 Å². The number of para-hydroxylation sites is 1. The van der Waals surface area contributed by atoms with Crippen molar-refractivity contribution >= 4 is 5.78 Å². The lowest BCUT2D eigenvalue weighted by Gasteiger charge is -2.31. The topological polar surface area (TPSA) is 69.4 Å². The zero-order chi connectivity index (χ0) is 20.9. The Labute approximate surface area is 172 Å². The van der Waals surface area contributed by atoms with E-state index >= 15 is 0 Å². The molecule has 29 heavy (non-hydrogen) atoms. The zero-order valence-electron chi connectivity index (χ0n) is 17.7. The van der Waals surface area contributed by atoms with E-state index in [1.807, 2.05) is 51.1 Å². The molecule has 1 saturated heterocycles. The molecule has 7 nitrogen and oxygen atoms in total. The van der Waals surface area contributed by atoms with Gasteiger partial charge >= 0.3 is 5.69 Å². The highest BCUT2D eigenvalue weighted by atomic mass is 16.5. The third kappa shape index (κ3) is 6.03. The summed E-state index contributed by atoms with van der Waals surface area (Å²) in [5.41, 5.74) is -0.653. The smallest absolute Gasteiger partial charge is 0.346 e. The van der Waals surface area contributed by atoms with Gasteiger partial charge in [0.05, 0.1) is 6.54 Å². The van der Waals surface area contributed by atoms with E-state index in [0.717, 1.165) is 38.2 Å². The van der Waals surface area contributed by atoms with Crippen LogP contribution >= 0.6 is 0 Å². The molecule has 1 aliphatic heterocycles. The lowest BCUT2D eigenvalue weighted by Crippen LogP contribution is -2.39. The highest BCUT2D eigenvalue weighted by Crippen LogP contribution is 2.19. The first-order chi connectivity index (χ1) is 13.8. The number of likely N-dealkylation sites (tertiary alicyclic amines) is 1. The number of ketones is 1. The predicted octanol–water partition coefficient (Wildman–Crippen LogP) is 2.45. The third-order valence-corrected chi connectivity index (χ3v) is 5.51. The van der Waals surface area contributed by atoms with E-state index in [9.17, 15) is 9.59 Å². The van der Waals surface area contributed by atoms with Gasteiger partial charge < -0.3 is 4.74 Å². The van der Waals surface area contributed by atoms with Crippen molar-refractivity contribution in [3.8, 4) is 5.75 Å². The van der Waals surface area contributed by atoms with Crippen molar-refractivity contribution in [2.24, 2.45) is 11.3 Å². The molecule has 0 N–H and O–H groups in total. The third-order valence-electron chi connectivity index (χ3n) is 5.51. The monoisotopic (exact) mass is 400 g/mol. The molecule has 1 fully saturated rings. The van der Waals surface area contributed by atoms with E-state index in [1.165, 1.54) is 15.6 Å². The Morgan fingerprint density at radius 1 is 1.17 bits per heavy atom. The first kappa shape index (κ1) is 21.3. The number of carbonyl (C=O) groups excluding carboxylic acids is 1. The van der Waals surface area contributed by atoms with Crippen molar-refractivity contribution in [2.45, 2.75) is 46.7 Å². The number of benzene rings is 1. The Morgan fingerprint density at radius 2 is 1.86 bits per heavy atom. The quantitative estimate of drug-likeness (QED) is 0.681. The summed E-state index contributed by atoms with van der Waals surface area (Å²) in [4.78, 5) is 27.1. The summed E-state index contributed by atoms with van der Waals surface area (Å²) in [7, 11) is 0. The minimum atomic E-state index is -0.460. The number of nitrogens with zero attached hydrogens (tertiary/aromatic N) is 4. The Bertz CT molecular complexity index is 843. The fourth-order valence-corrected chi connectivity index (χ4v) is 3.44. The molecule has 3 rings (SSSR count). The van der Waals surface area contributed by atoms with E-state index < -0.39 is 5.41 Å². The highest BCUT2D eigenvalue weighted by molar-refractivity contribution is 5.83. The summed E-state index contributed by atoms with van der Waals surface area (Å²) in [5.74, 6) is 1.37. The van der Waals surface area contributed by atoms with Crippen LogP contribution in [0.15, 0.2) is 41.5 Å². The molecular weight excluding hydrogens is 368 g/mol. The van der Waals surface area contributed by atoms with Crippen LogP contribution in [0.3, 0.4) is 0 Å². The Kier molecular flexibility index (Phi) is 6.90. The van der Waals surface area contributed by atoms with Crippen LogP contribution in [0.25, 0.3) is 0 Å². The van der Waals surface area contributed by atoms with Crippen LogP contribution in [0, 0.1) is 11.3 Å². The molecule has 7 heteroatoms. The molecule has 2 heterocycles. The fraction of sp³-hybridized carbons (Fsp3) is 0.591. The SMILES string of the molecule is CC(C)(C)C(=O)Cn1cnn(CC2CCN(CCOc3ccccc3)CC2)c1=O. The minimum absolute atomic E-state index is 0.0326. The lowest BCUT2D eigenvalue weighted by atomic mass is 9.91. The van der Waals surface area contributed by atoms with Crippen LogP contribution < -0.4 is 10.4 Å². The summed E-state index contributed by atoms with van der Waals surface area (Å²) >= 11 is 0. The number of aromatic nitrogens is 3. The molecule has 1 aromatic heterocycles. The summed E-state index contributed by atoms with van der Waals surface area (Å²) in [6.45, 7) is 9.88. The van der Waals surface area contributed by atoms with Crippen LogP contribution in [0.5, 0.6) is 5.75 Å². The van der Waals surface area contributed by atoms with Crippen molar-refractivity contribution in [3.63, 3.8) is 0 Å². The van der Waals surface area contributed by atoms with Crippen molar-refractivity contribution in [1.82, 2.24) is 19.2 Å². The van der Waals surface area contributed by atoms with Gasteiger partial charge in [0.15, 0.2) is 5.78 Å². The largest absolute Gasteiger partial charge is 0.492 e. The molecule has 0 atom stereocenters. The molecule has 1 aliphatic rings. The van der Waals surface area contributed by atoms with Gasteiger partial charge in [-0.25, -0.2) is 9.48 Å². The average molecular weight is 401 g/mol. The summed E-state index contributed by atoms with van der Waals surface area (Å²) in [5, 5.41) is 4.23. The zero-order valence-corrected chi connectivity index (χ0v) is 17.7. The number of piperidine rings is 1.